The zero-order chi connectivity index (χ0) is 14.0. The number of nitrogen functional groups attached to an aromatic ring is 1. The van der Waals surface area contributed by atoms with E-state index in [1.54, 1.807) is 10.9 Å². The second-order valence-corrected chi connectivity index (χ2v) is 6.39. The minimum Gasteiger partial charge on any atom is -0.398 e. The Kier molecular flexibility index (Phi) is 3.94. The van der Waals surface area contributed by atoms with E-state index in [0.717, 1.165) is 11.1 Å². The highest BCUT2D eigenvalue weighted by Crippen LogP contribution is 2.24. The second-order valence-electron chi connectivity index (χ2n) is 4.58. The molecule has 2 atom stereocenters. The van der Waals surface area contributed by atoms with Crippen molar-refractivity contribution in [2.75, 3.05) is 12.0 Å². The summed E-state index contributed by atoms with van der Waals surface area (Å²) in [7, 11) is -0.917. The summed E-state index contributed by atoms with van der Waals surface area (Å²) in [5, 5.41) is 11.6. The summed E-state index contributed by atoms with van der Waals surface area (Å²) in [5.74, 6) is 0.610. The first-order chi connectivity index (χ1) is 8.99. The van der Waals surface area contributed by atoms with E-state index in [1.165, 1.54) is 0 Å². The average Bonchev–Trinajstić information content (AvgIpc) is 2.80. The molecule has 0 aliphatic carbocycles. The molecule has 1 aromatic heterocycles. The van der Waals surface area contributed by atoms with E-state index in [1.807, 2.05) is 32.0 Å². The third kappa shape index (κ3) is 2.98. The summed E-state index contributed by atoms with van der Waals surface area (Å²) < 4.78 is 13.1. The fourth-order valence-corrected chi connectivity index (χ4v) is 2.08. The highest BCUT2D eigenvalue weighted by molar-refractivity contribution is 7.84. The van der Waals surface area contributed by atoms with Crippen molar-refractivity contribution in [1.29, 1.82) is 0 Å². The van der Waals surface area contributed by atoms with Gasteiger partial charge in [0.15, 0.2) is 5.82 Å². The van der Waals surface area contributed by atoms with Crippen molar-refractivity contribution in [1.82, 2.24) is 20.2 Å². The van der Waals surface area contributed by atoms with Crippen LogP contribution in [0, 0.1) is 6.92 Å². The molecule has 7 heteroatoms. The van der Waals surface area contributed by atoms with Crippen LogP contribution >= 0.6 is 0 Å². The van der Waals surface area contributed by atoms with Crippen molar-refractivity contribution in [2.24, 2.45) is 0 Å². The number of rotatable bonds is 4. The number of nitrogens with two attached hydrogens (primary N) is 1. The number of anilines is 1. The minimum absolute atomic E-state index is 0.0201. The lowest BCUT2D eigenvalue weighted by atomic mass is 10.1. The number of hydrogen-bond donors (Lipinski definition) is 1. The Morgan fingerprint density at radius 3 is 2.89 bits per heavy atom. The molecule has 0 aliphatic rings. The smallest absolute Gasteiger partial charge is 0.184 e. The molecule has 0 saturated carbocycles. The topological polar surface area (TPSA) is 86.7 Å². The molecule has 2 unspecified atom stereocenters. The highest BCUT2D eigenvalue weighted by atomic mass is 32.2. The van der Waals surface area contributed by atoms with Crippen molar-refractivity contribution in [3.63, 3.8) is 0 Å². The van der Waals surface area contributed by atoms with Crippen LogP contribution < -0.4 is 5.73 Å². The third-order valence-corrected chi connectivity index (χ3v) is 4.26. The Labute approximate surface area is 114 Å². The Morgan fingerprint density at radius 1 is 1.47 bits per heavy atom. The van der Waals surface area contributed by atoms with E-state index < -0.39 is 10.8 Å². The van der Waals surface area contributed by atoms with Gasteiger partial charge < -0.3 is 5.73 Å². The second kappa shape index (κ2) is 5.48. The summed E-state index contributed by atoms with van der Waals surface area (Å²) in [4.78, 5) is 0. The number of benzene rings is 1. The molecule has 0 aliphatic heterocycles. The quantitative estimate of drug-likeness (QED) is 0.844. The van der Waals surface area contributed by atoms with Gasteiger partial charge in [-0.2, -0.15) is 0 Å². The summed E-state index contributed by atoms with van der Waals surface area (Å²) in [6, 6.07) is 5.73. The van der Waals surface area contributed by atoms with Gasteiger partial charge in [-0.15, -0.1) is 5.10 Å². The maximum absolute atomic E-state index is 11.4. The first-order valence-electron chi connectivity index (χ1n) is 5.94. The first kappa shape index (κ1) is 13.7. The third-order valence-electron chi connectivity index (χ3n) is 2.98. The van der Waals surface area contributed by atoms with Crippen molar-refractivity contribution in [3.05, 3.63) is 23.8 Å². The van der Waals surface area contributed by atoms with E-state index >= 15 is 0 Å². The van der Waals surface area contributed by atoms with Crippen LogP contribution in [0.25, 0.3) is 11.4 Å². The van der Waals surface area contributed by atoms with E-state index in [9.17, 15) is 4.21 Å². The standard InChI is InChI=1S/C12H17N5OS/c1-8-4-5-11(13)10(6-8)12-14-15-16-17(12)7-9(2)19(3)18/h4-6,9H,7,13H2,1-3H3. The molecule has 19 heavy (non-hydrogen) atoms. The van der Waals surface area contributed by atoms with Crippen LogP contribution in [-0.2, 0) is 17.3 Å². The SMILES string of the molecule is Cc1ccc(N)c(-c2nnnn2CC(C)S(C)=O)c1. The lowest BCUT2D eigenvalue weighted by Gasteiger charge is -2.11. The number of tetrazole rings is 1. The van der Waals surface area contributed by atoms with Crippen LogP contribution in [-0.4, -0.2) is 35.9 Å². The monoisotopic (exact) mass is 279 g/mol. The number of aromatic nitrogens is 4. The van der Waals surface area contributed by atoms with Crippen molar-refractivity contribution >= 4 is 16.5 Å². The summed E-state index contributed by atoms with van der Waals surface area (Å²) in [6.45, 7) is 4.39. The number of aryl methyl sites for hydroxylation is 1. The zero-order valence-electron chi connectivity index (χ0n) is 11.2. The molecule has 2 rings (SSSR count). The molecule has 2 N–H and O–H groups in total. The molecule has 102 valence electrons. The molecular weight excluding hydrogens is 262 g/mol. The van der Waals surface area contributed by atoms with Crippen molar-refractivity contribution in [3.8, 4) is 11.4 Å². The first-order valence-corrected chi connectivity index (χ1v) is 7.56. The lowest BCUT2D eigenvalue weighted by Crippen LogP contribution is -2.19. The average molecular weight is 279 g/mol. The van der Waals surface area contributed by atoms with Gasteiger partial charge in [-0.1, -0.05) is 11.6 Å². The van der Waals surface area contributed by atoms with Crippen LogP contribution in [0.4, 0.5) is 5.69 Å². The van der Waals surface area contributed by atoms with E-state index in [4.69, 9.17) is 5.73 Å². The molecule has 0 spiro atoms. The predicted octanol–water partition coefficient (Wildman–Crippen LogP) is 0.998. The largest absolute Gasteiger partial charge is 0.398 e. The summed E-state index contributed by atoms with van der Waals surface area (Å²) >= 11 is 0. The molecule has 1 heterocycles. The van der Waals surface area contributed by atoms with Crippen molar-refractivity contribution < 1.29 is 4.21 Å². The van der Waals surface area contributed by atoms with Gasteiger partial charge in [-0.05, 0) is 36.4 Å². The summed E-state index contributed by atoms with van der Waals surface area (Å²) in [5.41, 5.74) is 8.50. The van der Waals surface area contributed by atoms with Gasteiger partial charge in [0.1, 0.15) is 0 Å². The predicted molar refractivity (Wildman–Crippen MR) is 75.9 cm³/mol. The highest BCUT2D eigenvalue weighted by Gasteiger charge is 2.15. The van der Waals surface area contributed by atoms with E-state index in [2.05, 4.69) is 15.5 Å². The Morgan fingerprint density at radius 2 is 2.21 bits per heavy atom. The molecule has 0 bridgehead atoms. The van der Waals surface area contributed by atoms with Gasteiger partial charge in [-0.3, -0.25) is 4.21 Å². The van der Waals surface area contributed by atoms with Gasteiger partial charge in [-0.25, -0.2) is 4.68 Å². The normalized spacial score (nSPS) is 14.3. The van der Waals surface area contributed by atoms with Gasteiger partial charge in [0.05, 0.1) is 11.8 Å². The zero-order valence-corrected chi connectivity index (χ0v) is 12.0. The Hall–Kier alpha value is -1.76. The molecule has 2 aromatic rings. The molecule has 6 nitrogen and oxygen atoms in total. The molecule has 0 fully saturated rings. The van der Waals surface area contributed by atoms with Crippen LogP contribution in [0.1, 0.15) is 12.5 Å². The molecule has 0 radical (unpaired) electrons. The van der Waals surface area contributed by atoms with Crippen molar-refractivity contribution in [2.45, 2.75) is 25.6 Å². The molecule has 0 saturated heterocycles. The fourth-order valence-electron chi connectivity index (χ4n) is 1.73. The maximum Gasteiger partial charge on any atom is 0.184 e. The number of nitrogens with zero attached hydrogens (tertiary/aromatic N) is 4. The van der Waals surface area contributed by atoms with Crippen LogP contribution in [0.15, 0.2) is 18.2 Å². The van der Waals surface area contributed by atoms with Gasteiger partial charge in [0, 0.05) is 28.3 Å². The summed E-state index contributed by atoms with van der Waals surface area (Å²) in [6.07, 6.45) is 1.68. The fraction of sp³-hybridized carbons (Fsp3) is 0.417. The Balaban J connectivity index is 2.39. The van der Waals surface area contributed by atoms with Crippen LogP contribution in [0.5, 0.6) is 0 Å². The van der Waals surface area contributed by atoms with Gasteiger partial charge in [0.25, 0.3) is 0 Å². The molecular formula is C12H17N5OS. The van der Waals surface area contributed by atoms with Crippen LogP contribution in [0.3, 0.4) is 0 Å². The van der Waals surface area contributed by atoms with Gasteiger partial charge >= 0.3 is 0 Å². The van der Waals surface area contributed by atoms with Gasteiger partial charge in [0.2, 0.25) is 0 Å². The maximum atomic E-state index is 11.4. The van der Waals surface area contributed by atoms with E-state index in [0.29, 0.717) is 18.1 Å². The van der Waals surface area contributed by atoms with Crippen LogP contribution in [0.2, 0.25) is 0 Å². The minimum atomic E-state index is -0.917. The Bertz CT molecular complexity index is 610. The molecule has 0 amide bonds. The lowest BCUT2D eigenvalue weighted by molar-refractivity contribution is 0.579. The molecule has 1 aromatic carbocycles. The number of hydrogen-bond acceptors (Lipinski definition) is 5. The van der Waals surface area contributed by atoms with E-state index in [-0.39, 0.29) is 5.25 Å².